The van der Waals surface area contributed by atoms with Crippen molar-refractivity contribution in [2.45, 2.75) is 20.3 Å². The van der Waals surface area contributed by atoms with Gasteiger partial charge in [-0.2, -0.15) is 0 Å². The molecule has 3 rings (SSSR count). The molecule has 2 aromatic carbocycles. The number of rotatable bonds is 3. The molecule has 22 heavy (non-hydrogen) atoms. The minimum Gasteiger partial charge on any atom is -0.464 e. The molecule has 0 spiro atoms. The fraction of sp³-hybridized carbons (Fsp3) is 0.167. The summed E-state index contributed by atoms with van der Waals surface area (Å²) >= 11 is 5.92. The summed E-state index contributed by atoms with van der Waals surface area (Å²) in [7, 11) is 0. The summed E-state index contributed by atoms with van der Waals surface area (Å²) in [5, 5.41) is 4.43. The Hall–Kier alpha value is -2.26. The van der Waals surface area contributed by atoms with Crippen molar-refractivity contribution in [3.63, 3.8) is 0 Å². The molecule has 3 aromatic rings. The largest absolute Gasteiger partial charge is 0.464 e. The zero-order chi connectivity index (χ0) is 15.7. The second-order valence-electron chi connectivity index (χ2n) is 5.38. The van der Waals surface area contributed by atoms with Crippen LogP contribution in [0, 0.1) is 13.8 Å². The van der Waals surface area contributed by atoms with E-state index in [1.165, 1.54) is 5.56 Å². The van der Waals surface area contributed by atoms with Gasteiger partial charge in [0.05, 0.1) is 12.7 Å². The fourth-order valence-corrected chi connectivity index (χ4v) is 2.66. The van der Waals surface area contributed by atoms with Crippen molar-refractivity contribution in [2.24, 2.45) is 0 Å². The fourth-order valence-electron chi connectivity index (χ4n) is 2.47. The van der Waals surface area contributed by atoms with E-state index in [-0.39, 0.29) is 12.3 Å². The highest BCUT2D eigenvalue weighted by Crippen LogP contribution is 2.27. The van der Waals surface area contributed by atoms with Crippen LogP contribution in [0.15, 0.2) is 47.1 Å². The van der Waals surface area contributed by atoms with Crippen molar-refractivity contribution in [2.75, 3.05) is 5.32 Å². The van der Waals surface area contributed by atoms with Crippen LogP contribution >= 0.6 is 11.6 Å². The summed E-state index contributed by atoms with van der Waals surface area (Å²) in [5.74, 6) is -0.0943. The van der Waals surface area contributed by atoms with Crippen molar-refractivity contribution in [3.8, 4) is 0 Å². The standard InChI is InChI=1S/C18H16ClNO2/c1-11-6-7-16-13(10-22-18(16)12(11)2)8-17(21)20-15-5-3-4-14(19)9-15/h3-7,9-10H,8H2,1-2H3,(H,20,21). The van der Waals surface area contributed by atoms with Crippen molar-refractivity contribution in [1.82, 2.24) is 0 Å². The van der Waals surface area contributed by atoms with Gasteiger partial charge in [0.25, 0.3) is 0 Å². The molecule has 1 N–H and O–H groups in total. The van der Waals surface area contributed by atoms with Gasteiger partial charge >= 0.3 is 0 Å². The molecule has 1 heterocycles. The number of anilines is 1. The molecule has 0 aliphatic carbocycles. The number of hydrogen-bond acceptors (Lipinski definition) is 2. The molecule has 0 atom stereocenters. The number of furan rings is 1. The molecule has 4 heteroatoms. The molecule has 0 fully saturated rings. The number of benzene rings is 2. The van der Waals surface area contributed by atoms with E-state index in [4.69, 9.17) is 16.0 Å². The van der Waals surface area contributed by atoms with Gasteiger partial charge in [0, 0.05) is 21.7 Å². The first-order chi connectivity index (χ1) is 10.5. The van der Waals surface area contributed by atoms with Crippen molar-refractivity contribution < 1.29 is 9.21 Å². The minimum atomic E-state index is -0.0943. The number of fused-ring (bicyclic) bond motifs is 1. The monoisotopic (exact) mass is 313 g/mol. The summed E-state index contributed by atoms with van der Waals surface area (Å²) in [6.45, 7) is 4.07. The quantitative estimate of drug-likeness (QED) is 0.748. The normalized spacial score (nSPS) is 10.9. The Morgan fingerprint density at radius 3 is 2.82 bits per heavy atom. The molecule has 0 radical (unpaired) electrons. The Kier molecular flexibility index (Phi) is 3.90. The highest BCUT2D eigenvalue weighted by molar-refractivity contribution is 6.30. The van der Waals surface area contributed by atoms with Crippen LogP contribution in [0.4, 0.5) is 5.69 Å². The number of amides is 1. The van der Waals surface area contributed by atoms with Gasteiger partial charge in [-0.05, 0) is 43.2 Å². The molecule has 1 amide bonds. The smallest absolute Gasteiger partial charge is 0.228 e. The summed E-state index contributed by atoms with van der Waals surface area (Å²) in [6.07, 6.45) is 1.93. The maximum absolute atomic E-state index is 12.2. The maximum Gasteiger partial charge on any atom is 0.228 e. The van der Waals surface area contributed by atoms with Crippen molar-refractivity contribution >= 4 is 34.2 Å². The lowest BCUT2D eigenvalue weighted by Crippen LogP contribution is -2.14. The van der Waals surface area contributed by atoms with Crippen LogP contribution < -0.4 is 5.32 Å². The van der Waals surface area contributed by atoms with E-state index < -0.39 is 0 Å². The van der Waals surface area contributed by atoms with Gasteiger partial charge < -0.3 is 9.73 Å². The molecule has 112 valence electrons. The minimum absolute atomic E-state index is 0.0943. The first-order valence-corrected chi connectivity index (χ1v) is 7.44. The summed E-state index contributed by atoms with van der Waals surface area (Å²) in [4.78, 5) is 12.2. The Morgan fingerprint density at radius 2 is 2.05 bits per heavy atom. The van der Waals surface area contributed by atoms with Gasteiger partial charge in [0.2, 0.25) is 5.91 Å². The lowest BCUT2D eigenvalue weighted by atomic mass is 10.0. The number of halogens is 1. The molecule has 0 aliphatic heterocycles. The van der Waals surface area contributed by atoms with Crippen molar-refractivity contribution in [1.29, 1.82) is 0 Å². The van der Waals surface area contributed by atoms with E-state index in [0.717, 1.165) is 22.1 Å². The molecular weight excluding hydrogens is 298 g/mol. The Bertz CT molecular complexity index is 851. The van der Waals surface area contributed by atoms with E-state index in [1.54, 1.807) is 24.5 Å². The van der Waals surface area contributed by atoms with E-state index >= 15 is 0 Å². The predicted octanol–water partition coefficient (Wildman–Crippen LogP) is 4.88. The van der Waals surface area contributed by atoms with E-state index in [0.29, 0.717) is 10.7 Å². The third-order valence-corrected chi connectivity index (χ3v) is 4.04. The van der Waals surface area contributed by atoms with Gasteiger partial charge in [-0.3, -0.25) is 4.79 Å². The van der Waals surface area contributed by atoms with E-state index in [1.807, 2.05) is 32.0 Å². The maximum atomic E-state index is 12.2. The average molecular weight is 314 g/mol. The van der Waals surface area contributed by atoms with Crippen LogP contribution in [0.5, 0.6) is 0 Å². The number of carbonyl (C=O) groups is 1. The number of carbonyl (C=O) groups excluding carboxylic acids is 1. The molecule has 0 bridgehead atoms. The molecule has 0 saturated heterocycles. The summed E-state index contributed by atoms with van der Waals surface area (Å²) < 4.78 is 5.63. The third-order valence-electron chi connectivity index (χ3n) is 3.80. The SMILES string of the molecule is Cc1ccc2c(CC(=O)Nc3cccc(Cl)c3)coc2c1C. The second kappa shape index (κ2) is 5.85. The van der Waals surface area contributed by atoms with Gasteiger partial charge in [0.1, 0.15) is 5.58 Å². The van der Waals surface area contributed by atoms with E-state index in [2.05, 4.69) is 5.32 Å². The van der Waals surface area contributed by atoms with Gasteiger partial charge in [-0.15, -0.1) is 0 Å². The zero-order valence-corrected chi connectivity index (χ0v) is 13.2. The van der Waals surface area contributed by atoms with Crippen molar-refractivity contribution in [3.05, 3.63) is 64.4 Å². The number of hydrogen-bond donors (Lipinski definition) is 1. The predicted molar refractivity (Wildman–Crippen MR) is 89.5 cm³/mol. The first-order valence-electron chi connectivity index (χ1n) is 7.06. The summed E-state index contributed by atoms with van der Waals surface area (Å²) in [5.41, 5.74) is 4.72. The molecule has 0 aliphatic rings. The van der Waals surface area contributed by atoms with Gasteiger partial charge in [-0.1, -0.05) is 29.8 Å². The molecule has 0 unspecified atom stereocenters. The topological polar surface area (TPSA) is 42.2 Å². The Balaban J connectivity index is 1.81. The molecular formula is C18H16ClNO2. The number of nitrogens with one attached hydrogen (secondary N) is 1. The highest BCUT2D eigenvalue weighted by Gasteiger charge is 2.13. The van der Waals surface area contributed by atoms with Crippen LogP contribution in [0.25, 0.3) is 11.0 Å². The van der Waals surface area contributed by atoms with Crippen LogP contribution in [0.2, 0.25) is 5.02 Å². The molecule has 0 saturated carbocycles. The Labute approximate surface area is 133 Å². The average Bonchev–Trinajstić information content (AvgIpc) is 2.86. The Morgan fingerprint density at radius 1 is 1.23 bits per heavy atom. The van der Waals surface area contributed by atoms with Crippen LogP contribution in [-0.2, 0) is 11.2 Å². The van der Waals surface area contributed by atoms with Gasteiger partial charge in [0.15, 0.2) is 0 Å². The highest BCUT2D eigenvalue weighted by atomic mass is 35.5. The molecule has 3 nitrogen and oxygen atoms in total. The van der Waals surface area contributed by atoms with Gasteiger partial charge in [-0.25, -0.2) is 0 Å². The zero-order valence-electron chi connectivity index (χ0n) is 12.4. The number of aryl methyl sites for hydroxylation is 2. The lowest BCUT2D eigenvalue weighted by molar-refractivity contribution is -0.115. The first kappa shape index (κ1) is 14.7. The lowest BCUT2D eigenvalue weighted by Gasteiger charge is -2.05. The van der Waals surface area contributed by atoms with E-state index in [9.17, 15) is 4.79 Å². The van der Waals surface area contributed by atoms with Crippen LogP contribution in [0.1, 0.15) is 16.7 Å². The van der Waals surface area contributed by atoms with Crippen LogP contribution in [0.3, 0.4) is 0 Å². The second-order valence-corrected chi connectivity index (χ2v) is 5.82. The third kappa shape index (κ3) is 2.85. The van der Waals surface area contributed by atoms with Crippen LogP contribution in [-0.4, -0.2) is 5.91 Å². The summed E-state index contributed by atoms with van der Waals surface area (Å²) in [6, 6.07) is 11.2. The molecule has 1 aromatic heterocycles.